The zero-order valence-corrected chi connectivity index (χ0v) is 13.2. The fourth-order valence-corrected chi connectivity index (χ4v) is 2.74. The van der Waals surface area contributed by atoms with Crippen molar-refractivity contribution in [1.29, 1.82) is 0 Å². The molecule has 0 bridgehead atoms. The second kappa shape index (κ2) is 5.79. The van der Waals surface area contributed by atoms with Crippen molar-refractivity contribution in [3.8, 4) is 11.3 Å². The highest BCUT2D eigenvalue weighted by Crippen LogP contribution is 2.34. The lowest BCUT2D eigenvalue weighted by atomic mass is 10.0. The Labute approximate surface area is 141 Å². The number of nitrogens with zero attached hydrogens (tertiary/aromatic N) is 1. The first-order valence-electron chi connectivity index (χ1n) is 7.49. The minimum atomic E-state index is -0.423. The minimum absolute atomic E-state index is 0.255. The number of furan rings is 1. The maximum Gasteiger partial charge on any atom is 0.337 e. The highest BCUT2D eigenvalue weighted by Gasteiger charge is 2.18. The Morgan fingerprint density at radius 1 is 1.28 bits per heavy atom. The Morgan fingerprint density at radius 3 is 2.92 bits per heavy atom. The molecule has 3 aromatic rings. The number of carbonyl (C=O) groups excluding carboxylic acids is 1. The summed E-state index contributed by atoms with van der Waals surface area (Å²) in [4.78, 5) is 28.2. The number of hydrogen-bond acceptors (Lipinski definition) is 5. The summed E-state index contributed by atoms with van der Waals surface area (Å²) < 4.78 is 9.83. The largest absolute Gasteiger partial charge is 0.472 e. The van der Waals surface area contributed by atoms with Crippen molar-refractivity contribution in [2.24, 2.45) is 4.99 Å². The van der Waals surface area contributed by atoms with E-state index in [1.54, 1.807) is 42.8 Å². The van der Waals surface area contributed by atoms with Gasteiger partial charge in [0.2, 0.25) is 0 Å². The van der Waals surface area contributed by atoms with Crippen LogP contribution in [0.3, 0.4) is 0 Å². The van der Waals surface area contributed by atoms with Crippen molar-refractivity contribution < 1.29 is 13.9 Å². The van der Waals surface area contributed by atoms with Gasteiger partial charge in [-0.15, -0.1) is 0 Å². The van der Waals surface area contributed by atoms with E-state index in [0.29, 0.717) is 16.8 Å². The number of nitrogens with one attached hydrogen (secondary N) is 2. The van der Waals surface area contributed by atoms with Gasteiger partial charge in [0.15, 0.2) is 0 Å². The molecule has 2 aromatic heterocycles. The number of ether oxygens (including phenoxy) is 1. The Hall–Kier alpha value is -3.61. The third kappa shape index (κ3) is 2.51. The van der Waals surface area contributed by atoms with Crippen LogP contribution in [0.1, 0.15) is 21.5 Å². The van der Waals surface area contributed by atoms with E-state index in [4.69, 9.17) is 9.15 Å². The summed E-state index contributed by atoms with van der Waals surface area (Å²) in [7, 11) is 1.33. The van der Waals surface area contributed by atoms with Gasteiger partial charge >= 0.3 is 5.97 Å². The number of hydrogen-bond donors (Lipinski definition) is 2. The van der Waals surface area contributed by atoms with E-state index in [9.17, 15) is 9.59 Å². The number of carbonyl (C=O) groups is 1. The first-order valence-corrected chi connectivity index (χ1v) is 7.49. The van der Waals surface area contributed by atoms with E-state index in [1.165, 1.54) is 13.4 Å². The predicted molar refractivity (Wildman–Crippen MR) is 92.9 cm³/mol. The monoisotopic (exact) mass is 335 g/mol. The minimum Gasteiger partial charge on any atom is -0.472 e. The van der Waals surface area contributed by atoms with Crippen molar-refractivity contribution in [3.05, 3.63) is 63.8 Å². The van der Waals surface area contributed by atoms with Crippen molar-refractivity contribution in [2.75, 3.05) is 7.11 Å². The fourth-order valence-electron chi connectivity index (χ4n) is 2.74. The van der Waals surface area contributed by atoms with Gasteiger partial charge in [-0.2, -0.15) is 0 Å². The Kier molecular flexibility index (Phi) is 3.46. The first kappa shape index (κ1) is 14.9. The smallest absolute Gasteiger partial charge is 0.337 e. The zero-order valence-electron chi connectivity index (χ0n) is 13.2. The van der Waals surface area contributed by atoms with E-state index in [1.807, 2.05) is 0 Å². The second-order valence-corrected chi connectivity index (χ2v) is 5.46. The molecule has 25 heavy (non-hydrogen) atoms. The molecule has 0 saturated carbocycles. The molecule has 0 radical (unpaired) electrons. The maximum atomic E-state index is 12.2. The number of H-pyrrole nitrogens is 2. The molecule has 4 rings (SSSR count). The predicted octanol–water partition coefficient (Wildman–Crippen LogP) is 3.01. The summed E-state index contributed by atoms with van der Waals surface area (Å²) in [6.45, 7) is 0. The fraction of sp³-hybridized carbons (Fsp3) is 0.0556. The Bertz CT molecular complexity index is 1070. The van der Waals surface area contributed by atoms with Crippen LogP contribution in [0.15, 0.2) is 51.0 Å². The van der Waals surface area contributed by atoms with Gasteiger partial charge in [0.25, 0.3) is 5.56 Å². The van der Waals surface area contributed by atoms with Crippen LogP contribution in [0, 0.1) is 0 Å². The summed E-state index contributed by atoms with van der Waals surface area (Å²) in [6.07, 6.45) is 6.48. The third-order valence-corrected chi connectivity index (χ3v) is 4.00. The average Bonchev–Trinajstić information content (AvgIpc) is 3.36. The lowest BCUT2D eigenvalue weighted by molar-refractivity contribution is 0.0600. The second-order valence-electron chi connectivity index (χ2n) is 5.46. The summed E-state index contributed by atoms with van der Waals surface area (Å²) in [6, 6.07) is 6.87. The molecule has 3 heterocycles. The summed E-state index contributed by atoms with van der Waals surface area (Å²) >= 11 is 0. The van der Waals surface area contributed by atoms with Crippen LogP contribution in [-0.4, -0.2) is 29.5 Å². The maximum absolute atomic E-state index is 12.2. The Balaban J connectivity index is 1.82. The molecule has 0 atom stereocenters. The molecule has 7 nitrogen and oxygen atoms in total. The molecular weight excluding hydrogens is 322 g/mol. The van der Waals surface area contributed by atoms with Crippen LogP contribution >= 0.6 is 0 Å². The average molecular weight is 335 g/mol. The first-order chi connectivity index (χ1) is 12.2. The van der Waals surface area contributed by atoms with Crippen LogP contribution in [0.25, 0.3) is 22.9 Å². The number of allylic oxidation sites excluding steroid dienone is 1. The lowest BCUT2D eigenvalue weighted by Gasteiger charge is -2.04. The van der Waals surface area contributed by atoms with Gasteiger partial charge in [0.05, 0.1) is 42.1 Å². The Morgan fingerprint density at radius 2 is 2.16 bits per heavy atom. The number of aromatic nitrogens is 2. The molecule has 2 N–H and O–H groups in total. The van der Waals surface area contributed by atoms with Crippen molar-refractivity contribution in [2.45, 2.75) is 0 Å². The van der Waals surface area contributed by atoms with Gasteiger partial charge in [-0.25, -0.2) is 4.79 Å². The molecule has 1 aliphatic rings. The van der Waals surface area contributed by atoms with Crippen LogP contribution < -0.4 is 5.56 Å². The number of aromatic amines is 2. The lowest BCUT2D eigenvalue weighted by Crippen LogP contribution is -2.03. The zero-order chi connectivity index (χ0) is 17.4. The standard InChI is InChI=1S/C18H13N3O4/c1-24-18(23)10-2-3-15-13(6-10)12(8-19-15)7-14-16(20-21-17(14)22)11-4-5-25-9-11/h2-9H,1H3,(H2,20,21,22)/b12-7+. The topological polar surface area (TPSA) is 100 Å². The molecule has 124 valence electrons. The number of fused-ring (bicyclic) bond motifs is 1. The van der Waals surface area contributed by atoms with E-state index >= 15 is 0 Å². The highest BCUT2D eigenvalue weighted by molar-refractivity contribution is 6.22. The molecule has 0 unspecified atom stereocenters. The van der Waals surface area contributed by atoms with Crippen molar-refractivity contribution in [1.82, 2.24) is 10.2 Å². The van der Waals surface area contributed by atoms with Crippen LogP contribution in [0.2, 0.25) is 0 Å². The number of benzene rings is 1. The summed E-state index contributed by atoms with van der Waals surface area (Å²) in [5.74, 6) is -0.423. The number of rotatable bonds is 3. The van der Waals surface area contributed by atoms with E-state index in [2.05, 4.69) is 15.2 Å². The molecule has 1 aromatic carbocycles. The molecule has 0 fully saturated rings. The van der Waals surface area contributed by atoms with E-state index < -0.39 is 5.97 Å². The van der Waals surface area contributed by atoms with Gasteiger partial charge in [0.1, 0.15) is 0 Å². The molecule has 1 aliphatic heterocycles. The summed E-state index contributed by atoms with van der Waals surface area (Å²) in [5, 5.41) is 5.43. The summed E-state index contributed by atoms with van der Waals surface area (Å²) in [5.41, 5.74) is 4.23. The van der Waals surface area contributed by atoms with Crippen molar-refractivity contribution >= 4 is 29.5 Å². The van der Waals surface area contributed by atoms with Gasteiger partial charge in [-0.05, 0) is 30.3 Å². The molecule has 7 heteroatoms. The number of esters is 1. The third-order valence-electron chi connectivity index (χ3n) is 4.00. The molecular formula is C18H13N3O4. The van der Waals surface area contributed by atoms with Crippen LogP contribution in [0.5, 0.6) is 0 Å². The van der Waals surface area contributed by atoms with Gasteiger partial charge in [-0.1, -0.05) is 0 Å². The van der Waals surface area contributed by atoms with Gasteiger partial charge in [-0.3, -0.25) is 20.0 Å². The molecule has 0 saturated heterocycles. The number of aliphatic imine (C=N–C) groups is 1. The van der Waals surface area contributed by atoms with Gasteiger partial charge in [0, 0.05) is 22.9 Å². The normalized spacial score (nSPS) is 14.0. The van der Waals surface area contributed by atoms with E-state index in [0.717, 1.165) is 22.4 Å². The van der Waals surface area contributed by atoms with Gasteiger partial charge < -0.3 is 9.15 Å². The van der Waals surface area contributed by atoms with Crippen LogP contribution in [0.4, 0.5) is 5.69 Å². The highest BCUT2D eigenvalue weighted by atomic mass is 16.5. The molecule has 0 spiro atoms. The quantitative estimate of drug-likeness (QED) is 0.718. The SMILES string of the molecule is COC(=O)c1ccc2c(c1)/C(=C/c1c(-c3ccoc3)[nH][nH]c1=O)C=N2. The molecule has 0 aliphatic carbocycles. The number of methoxy groups -OCH3 is 1. The van der Waals surface area contributed by atoms with Crippen LogP contribution in [-0.2, 0) is 4.74 Å². The van der Waals surface area contributed by atoms with E-state index in [-0.39, 0.29) is 5.56 Å². The van der Waals surface area contributed by atoms with Crippen molar-refractivity contribution in [3.63, 3.8) is 0 Å². The molecule has 0 amide bonds.